The number of rotatable bonds is 5. The maximum Gasteiger partial charge on any atom is 0.365 e. The van der Waals surface area contributed by atoms with Crippen molar-refractivity contribution in [3.8, 4) is 5.69 Å². The third-order valence-corrected chi connectivity index (χ3v) is 4.63. The molecule has 0 bridgehead atoms. The fourth-order valence-electron chi connectivity index (χ4n) is 2.95. The van der Waals surface area contributed by atoms with Crippen LogP contribution in [-0.2, 0) is 16.8 Å². The van der Waals surface area contributed by atoms with Gasteiger partial charge in [0, 0.05) is 0 Å². The Bertz CT molecular complexity index is 1170. The maximum absolute atomic E-state index is 12.9. The summed E-state index contributed by atoms with van der Waals surface area (Å²) >= 11 is 0. The van der Waals surface area contributed by atoms with E-state index in [9.17, 15) is 14.0 Å². The smallest absolute Gasteiger partial charge is 0.365 e. The van der Waals surface area contributed by atoms with Crippen LogP contribution in [-0.4, -0.2) is 26.2 Å². The number of aromatic nitrogens is 3. The van der Waals surface area contributed by atoms with Crippen molar-refractivity contribution in [1.29, 1.82) is 0 Å². The number of nitrogens with zero attached hydrogens (tertiary/aromatic N) is 4. The molecule has 0 unspecified atom stereocenters. The van der Waals surface area contributed by atoms with Gasteiger partial charge in [0.1, 0.15) is 18.2 Å². The Labute approximate surface area is 178 Å². The number of carbonyl (C=O) groups excluding carboxylic acids is 1. The van der Waals surface area contributed by atoms with Gasteiger partial charge in [-0.3, -0.25) is 0 Å². The highest BCUT2D eigenvalue weighted by Gasteiger charge is 2.16. The lowest BCUT2D eigenvalue weighted by molar-refractivity contribution is 0.0514. The van der Waals surface area contributed by atoms with Crippen LogP contribution in [0.3, 0.4) is 0 Å². The molecule has 1 aromatic heterocycles. The minimum absolute atomic E-state index is 0.00101. The first-order valence-electron chi connectivity index (χ1n) is 9.63. The zero-order chi connectivity index (χ0) is 22.8. The fourth-order valence-corrected chi connectivity index (χ4v) is 2.95. The molecule has 2 aromatic carbocycles. The van der Waals surface area contributed by atoms with Crippen molar-refractivity contribution < 1.29 is 14.0 Å². The number of nitrogens with two attached hydrogens (primary N) is 1. The van der Waals surface area contributed by atoms with Crippen molar-refractivity contribution in [3.63, 3.8) is 0 Å². The number of benzene rings is 2. The van der Waals surface area contributed by atoms with Crippen molar-refractivity contribution in [3.05, 3.63) is 81.8 Å². The third-order valence-electron chi connectivity index (χ3n) is 4.63. The topological polar surface area (TPSA) is 104 Å². The van der Waals surface area contributed by atoms with E-state index in [0.717, 1.165) is 22.4 Å². The van der Waals surface area contributed by atoms with Crippen LogP contribution in [0.2, 0.25) is 0 Å². The van der Waals surface area contributed by atoms with E-state index >= 15 is 0 Å². The van der Waals surface area contributed by atoms with Crippen LogP contribution in [0.5, 0.6) is 0 Å². The monoisotopic (exact) mass is 425 g/mol. The van der Waals surface area contributed by atoms with Gasteiger partial charge >= 0.3 is 11.7 Å². The van der Waals surface area contributed by atoms with E-state index in [1.165, 1.54) is 16.7 Å². The second-order valence-electron chi connectivity index (χ2n) is 8.09. The molecular weight excluding hydrogens is 401 g/mol. The third kappa shape index (κ3) is 5.06. The molecule has 1 heterocycles. The summed E-state index contributed by atoms with van der Waals surface area (Å²) in [5.74, 6) is -0.913. The van der Waals surface area contributed by atoms with Crippen LogP contribution in [0.1, 0.15) is 42.5 Å². The van der Waals surface area contributed by atoms with Gasteiger partial charge in [-0.25, -0.2) is 23.2 Å². The Morgan fingerprint density at radius 3 is 2.32 bits per heavy atom. The summed E-state index contributed by atoms with van der Waals surface area (Å²) in [5, 5.41) is 7.77. The van der Waals surface area contributed by atoms with Gasteiger partial charge in [-0.05, 0) is 54.3 Å². The van der Waals surface area contributed by atoms with E-state index in [1.807, 2.05) is 24.3 Å². The maximum atomic E-state index is 12.9. The Balaban J connectivity index is 1.75. The first-order valence-corrected chi connectivity index (χ1v) is 9.63. The molecule has 3 aromatic rings. The van der Waals surface area contributed by atoms with Crippen LogP contribution in [0.25, 0.3) is 5.69 Å². The van der Waals surface area contributed by atoms with Gasteiger partial charge in [-0.2, -0.15) is 5.10 Å². The van der Waals surface area contributed by atoms with Gasteiger partial charge in [-0.1, -0.05) is 38.1 Å². The molecule has 0 spiro atoms. The average molecular weight is 425 g/mol. The normalized spacial score (nSPS) is 12.1. The Morgan fingerprint density at radius 1 is 1.13 bits per heavy atom. The number of carbonyl (C=O) groups is 1. The van der Waals surface area contributed by atoms with E-state index in [4.69, 9.17) is 10.6 Å². The van der Waals surface area contributed by atoms with E-state index in [-0.39, 0.29) is 23.4 Å². The summed E-state index contributed by atoms with van der Waals surface area (Å²) in [6.07, 6.45) is 0. The van der Waals surface area contributed by atoms with Crippen LogP contribution in [0.4, 0.5) is 4.39 Å². The minimum atomic E-state index is -0.795. The largest absolute Gasteiger partial charge is 0.383 e. The zero-order valence-corrected chi connectivity index (χ0v) is 17.8. The Hall–Kier alpha value is -3.75. The molecule has 0 aliphatic carbocycles. The molecule has 3 rings (SSSR count). The van der Waals surface area contributed by atoms with Gasteiger partial charge in [0.25, 0.3) is 0 Å². The van der Waals surface area contributed by atoms with E-state index < -0.39 is 17.5 Å². The van der Waals surface area contributed by atoms with E-state index in [2.05, 4.69) is 31.0 Å². The highest BCUT2D eigenvalue weighted by Crippen LogP contribution is 2.23. The lowest BCUT2D eigenvalue weighted by Gasteiger charge is -2.19. The average Bonchev–Trinajstić information content (AvgIpc) is 2.99. The lowest BCUT2D eigenvalue weighted by Crippen LogP contribution is -2.30. The standard InChI is InChI=1S/C22H24FN5O3/c1-14-25-27(13-19(24)26-31-20(29)15-5-9-17(23)10-6-15)21(30)28(14)18-11-7-16(8-12-18)22(2,3)4/h5-12H,13H2,1-4H3,(H2,24,26). The molecule has 0 radical (unpaired) electrons. The Kier molecular flexibility index (Phi) is 6.05. The molecule has 0 aliphatic rings. The number of hydrogen-bond acceptors (Lipinski definition) is 5. The van der Waals surface area contributed by atoms with Gasteiger partial charge in [-0.15, -0.1) is 0 Å². The summed E-state index contributed by atoms with van der Waals surface area (Å²) in [5.41, 5.74) is 7.34. The fraction of sp³-hybridized carbons (Fsp3) is 0.273. The molecule has 9 heteroatoms. The van der Waals surface area contributed by atoms with Crippen molar-refractivity contribution >= 4 is 11.8 Å². The van der Waals surface area contributed by atoms with E-state index in [0.29, 0.717) is 11.5 Å². The molecular formula is C22H24FN5O3. The summed E-state index contributed by atoms with van der Waals surface area (Å²) in [4.78, 5) is 29.5. The molecule has 0 amide bonds. The Morgan fingerprint density at radius 2 is 1.74 bits per heavy atom. The number of amidine groups is 1. The van der Waals surface area contributed by atoms with Crippen LogP contribution < -0.4 is 11.4 Å². The summed E-state index contributed by atoms with van der Waals surface area (Å²) in [6.45, 7) is 7.88. The second kappa shape index (κ2) is 8.55. The molecule has 31 heavy (non-hydrogen) atoms. The minimum Gasteiger partial charge on any atom is -0.383 e. The molecule has 8 nitrogen and oxygen atoms in total. The lowest BCUT2D eigenvalue weighted by atomic mass is 9.87. The highest BCUT2D eigenvalue weighted by atomic mass is 19.1. The van der Waals surface area contributed by atoms with E-state index in [1.54, 1.807) is 6.92 Å². The van der Waals surface area contributed by atoms with Gasteiger partial charge < -0.3 is 10.6 Å². The van der Waals surface area contributed by atoms with Crippen LogP contribution >= 0.6 is 0 Å². The van der Waals surface area contributed by atoms with Gasteiger partial charge in [0.05, 0.1) is 11.3 Å². The number of oxime groups is 1. The molecule has 2 N–H and O–H groups in total. The molecule has 0 saturated heterocycles. The molecule has 162 valence electrons. The summed E-state index contributed by atoms with van der Waals surface area (Å²) < 4.78 is 15.5. The van der Waals surface area contributed by atoms with Gasteiger partial charge in [0.2, 0.25) is 0 Å². The first kappa shape index (κ1) is 21.9. The molecule has 0 saturated carbocycles. The molecule has 0 fully saturated rings. The molecule has 0 atom stereocenters. The predicted octanol–water partition coefficient (Wildman–Crippen LogP) is 2.91. The van der Waals surface area contributed by atoms with Gasteiger partial charge in [0.15, 0.2) is 5.84 Å². The quantitative estimate of drug-likeness (QED) is 0.293. The van der Waals surface area contributed by atoms with Crippen molar-refractivity contribution in [2.24, 2.45) is 10.9 Å². The number of hydrogen-bond donors (Lipinski definition) is 1. The van der Waals surface area contributed by atoms with Crippen LogP contribution in [0, 0.1) is 12.7 Å². The first-order chi connectivity index (χ1) is 14.6. The van der Waals surface area contributed by atoms with Crippen molar-refractivity contribution in [2.75, 3.05) is 0 Å². The van der Waals surface area contributed by atoms with Crippen LogP contribution in [0.15, 0.2) is 58.5 Å². The second-order valence-corrected chi connectivity index (χ2v) is 8.09. The van der Waals surface area contributed by atoms with Crippen molar-refractivity contribution in [2.45, 2.75) is 39.7 Å². The summed E-state index contributed by atoms with van der Waals surface area (Å²) in [7, 11) is 0. The predicted molar refractivity (Wildman–Crippen MR) is 115 cm³/mol. The number of halogens is 1. The zero-order valence-electron chi connectivity index (χ0n) is 17.8. The highest BCUT2D eigenvalue weighted by molar-refractivity contribution is 5.90. The SMILES string of the molecule is Cc1nn(CC(N)=NOC(=O)c2ccc(F)cc2)c(=O)n1-c1ccc(C(C)(C)C)cc1. The number of aryl methyl sites for hydroxylation is 1. The molecule has 0 aliphatic heterocycles. The summed E-state index contributed by atoms with van der Waals surface area (Å²) in [6, 6.07) is 12.5. The van der Waals surface area contributed by atoms with Crippen molar-refractivity contribution in [1.82, 2.24) is 14.3 Å².